The third kappa shape index (κ3) is 4.01. The van der Waals surface area contributed by atoms with Gasteiger partial charge in [0.2, 0.25) is 0 Å². The molecular weight excluding hydrogens is 264 g/mol. The topological polar surface area (TPSA) is 64.0 Å². The van der Waals surface area contributed by atoms with Gasteiger partial charge in [0, 0.05) is 26.2 Å². The van der Waals surface area contributed by atoms with Crippen LogP contribution in [0.3, 0.4) is 0 Å². The Kier molecular flexibility index (Phi) is 5.33. The Bertz CT molecular complexity index is 422. The number of hydrogen-bond acceptors (Lipinski definition) is 5. The number of rotatable bonds is 5. The standard InChI is InChI=1S/C13H20N2O3S/c16-8-7-14-3-1-4-15(6-5-14)10-11-2-9-19-12(11)13(17)18/h2,9,16H,1,3-8,10H2,(H,17,18). The van der Waals surface area contributed by atoms with E-state index in [9.17, 15) is 4.79 Å². The van der Waals surface area contributed by atoms with Crippen molar-refractivity contribution in [3.05, 3.63) is 21.9 Å². The molecule has 1 aromatic rings. The number of nitrogens with zero attached hydrogens (tertiary/aromatic N) is 2. The van der Waals surface area contributed by atoms with Crippen LogP contribution in [0.2, 0.25) is 0 Å². The highest BCUT2D eigenvalue weighted by Crippen LogP contribution is 2.19. The van der Waals surface area contributed by atoms with Crippen molar-refractivity contribution in [2.24, 2.45) is 0 Å². The number of carboxylic acids is 1. The number of thiophene rings is 1. The molecule has 1 aliphatic rings. The molecule has 0 saturated carbocycles. The van der Waals surface area contributed by atoms with Gasteiger partial charge in [-0.05, 0) is 36.5 Å². The Morgan fingerprint density at radius 3 is 2.74 bits per heavy atom. The normalized spacial score (nSPS) is 18.4. The summed E-state index contributed by atoms with van der Waals surface area (Å²) in [5.74, 6) is -0.832. The molecule has 106 valence electrons. The maximum absolute atomic E-state index is 11.1. The Labute approximate surface area is 117 Å². The van der Waals surface area contributed by atoms with Gasteiger partial charge in [-0.1, -0.05) is 0 Å². The van der Waals surface area contributed by atoms with Gasteiger partial charge < -0.3 is 10.2 Å². The lowest BCUT2D eigenvalue weighted by Crippen LogP contribution is -2.32. The largest absolute Gasteiger partial charge is 0.477 e. The van der Waals surface area contributed by atoms with E-state index in [1.807, 2.05) is 11.4 Å². The summed E-state index contributed by atoms with van der Waals surface area (Å²) in [5, 5.41) is 19.9. The highest BCUT2D eigenvalue weighted by Gasteiger charge is 2.18. The molecular formula is C13H20N2O3S. The Hall–Kier alpha value is -0.950. The molecule has 2 rings (SSSR count). The maximum atomic E-state index is 11.1. The first kappa shape index (κ1) is 14.5. The van der Waals surface area contributed by atoms with Crippen molar-refractivity contribution in [2.45, 2.75) is 13.0 Å². The van der Waals surface area contributed by atoms with E-state index >= 15 is 0 Å². The van der Waals surface area contributed by atoms with Crippen LogP contribution < -0.4 is 0 Å². The number of hydrogen-bond donors (Lipinski definition) is 2. The molecule has 2 N–H and O–H groups in total. The van der Waals surface area contributed by atoms with Crippen molar-refractivity contribution in [1.29, 1.82) is 0 Å². The van der Waals surface area contributed by atoms with E-state index in [2.05, 4.69) is 9.80 Å². The molecule has 1 aromatic heterocycles. The second-order valence-corrected chi connectivity index (χ2v) is 5.69. The van der Waals surface area contributed by atoms with Crippen LogP contribution in [0.5, 0.6) is 0 Å². The van der Waals surface area contributed by atoms with Gasteiger partial charge in [0.1, 0.15) is 4.88 Å². The van der Waals surface area contributed by atoms with E-state index in [1.165, 1.54) is 11.3 Å². The zero-order valence-electron chi connectivity index (χ0n) is 10.9. The monoisotopic (exact) mass is 284 g/mol. The molecule has 0 spiro atoms. The lowest BCUT2D eigenvalue weighted by Gasteiger charge is -2.21. The van der Waals surface area contributed by atoms with Crippen molar-refractivity contribution in [2.75, 3.05) is 39.3 Å². The zero-order valence-corrected chi connectivity index (χ0v) is 11.7. The van der Waals surface area contributed by atoms with Crippen LogP contribution in [0.4, 0.5) is 0 Å². The summed E-state index contributed by atoms with van der Waals surface area (Å²) in [5.41, 5.74) is 0.910. The lowest BCUT2D eigenvalue weighted by atomic mass is 10.2. The molecule has 0 unspecified atom stereocenters. The smallest absolute Gasteiger partial charge is 0.346 e. The van der Waals surface area contributed by atoms with Crippen LogP contribution in [-0.4, -0.2) is 65.3 Å². The van der Waals surface area contributed by atoms with Crippen molar-refractivity contribution >= 4 is 17.3 Å². The van der Waals surface area contributed by atoms with E-state index in [-0.39, 0.29) is 6.61 Å². The summed E-state index contributed by atoms with van der Waals surface area (Å²) >= 11 is 1.29. The average Bonchev–Trinajstić information content (AvgIpc) is 2.72. The van der Waals surface area contributed by atoms with Crippen LogP contribution >= 0.6 is 11.3 Å². The number of carbonyl (C=O) groups is 1. The highest BCUT2D eigenvalue weighted by molar-refractivity contribution is 7.12. The van der Waals surface area contributed by atoms with Gasteiger partial charge in [-0.2, -0.15) is 0 Å². The second-order valence-electron chi connectivity index (χ2n) is 4.78. The van der Waals surface area contributed by atoms with Gasteiger partial charge in [-0.25, -0.2) is 4.79 Å². The number of aromatic carboxylic acids is 1. The Morgan fingerprint density at radius 1 is 1.26 bits per heavy atom. The summed E-state index contributed by atoms with van der Waals surface area (Å²) in [6.07, 6.45) is 1.06. The minimum absolute atomic E-state index is 0.202. The maximum Gasteiger partial charge on any atom is 0.346 e. The number of aliphatic hydroxyl groups is 1. The molecule has 5 nitrogen and oxygen atoms in total. The van der Waals surface area contributed by atoms with Gasteiger partial charge in [-0.15, -0.1) is 11.3 Å². The fourth-order valence-corrected chi connectivity index (χ4v) is 3.19. The van der Waals surface area contributed by atoms with Crippen molar-refractivity contribution in [3.8, 4) is 0 Å². The van der Waals surface area contributed by atoms with Crippen LogP contribution in [0, 0.1) is 0 Å². The molecule has 6 heteroatoms. The minimum atomic E-state index is -0.832. The molecule has 19 heavy (non-hydrogen) atoms. The third-order valence-corrected chi connectivity index (χ3v) is 4.38. The van der Waals surface area contributed by atoms with Crippen LogP contribution in [0.15, 0.2) is 11.4 Å². The summed E-state index contributed by atoms with van der Waals surface area (Å²) < 4.78 is 0. The van der Waals surface area contributed by atoms with E-state index in [4.69, 9.17) is 10.2 Å². The van der Waals surface area contributed by atoms with Crippen LogP contribution in [0.25, 0.3) is 0 Å². The van der Waals surface area contributed by atoms with Crippen LogP contribution in [-0.2, 0) is 6.54 Å². The van der Waals surface area contributed by atoms with Crippen LogP contribution in [0.1, 0.15) is 21.7 Å². The molecule has 0 atom stereocenters. The minimum Gasteiger partial charge on any atom is -0.477 e. The first-order valence-electron chi connectivity index (χ1n) is 6.56. The molecule has 2 heterocycles. The Morgan fingerprint density at radius 2 is 2.00 bits per heavy atom. The fourth-order valence-electron chi connectivity index (χ4n) is 2.44. The van der Waals surface area contributed by atoms with Gasteiger partial charge in [0.05, 0.1) is 6.61 Å². The predicted molar refractivity (Wildman–Crippen MR) is 74.7 cm³/mol. The van der Waals surface area contributed by atoms with Crippen molar-refractivity contribution in [1.82, 2.24) is 9.80 Å². The quantitative estimate of drug-likeness (QED) is 0.843. The van der Waals surface area contributed by atoms with E-state index < -0.39 is 5.97 Å². The number of β-amino-alcohol motifs (C(OH)–C–C–N with tert-alkyl or cyclic N) is 1. The molecule has 1 fully saturated rings. The van der Waals surface area contributed by atoms with Crippen molar-refractivity contribution in [3.63, 3.8) is 0 Å². The number of carboxylic acid groups (broad SMARTS) is 1. The third-order valence-electron chi connectivity index (χ3n) is 3.43. The van der Waals surface area contributed by atoms with Gasteiger partial charge in [-0.3, -0.25) is 9.80 Å². The van der Waals surface area contributed by atoms with Gasteiger partial charge >= 0.3 is 5.97 Å². The zero-order chi connectivity index (χ0) is 13.7. The molecule has 0 aromatic carbocycles. The first-order valence-corrected chi connectivity index (χ1v) is 7.44. The summed E-state index contributed by atoms with van der Waals surface area (Å²) in [6.45, 7) is 5.49. The summed E-state index contributed by atoms with van der Waals surface area (Å²) in [7, 11) is 0. The molecule has 1 saturated heterocycles. The van der Waals surface area contributed by atoms with Gasteiger partial charge in [0.25, 0.3) is 0 Å². The molecule has 0 radical (unpaired) electrons. The molecule has 0 aliphatic carbocycles. The molecule has 1 aliphatic heterocycles. The predicted octanol–water partition coefficient (Wildman–Crippen LogP) is 0.946. The van der Waals surface area contributed by atoms with E-state index in [0.29, 0.717) is 11.4 Å². The average molecular weight is 284 g/mol. The highest BCUT2D eigenvalue weighted by atomic mass is 32.1. The second kappa shape index (κ2) is 7.00. The summed E-state index contributed by atoms with van der Waals surface area (Å²) in [6, 6.07) is 1.91. The van der Waals surface area contributed by atoms with E-state index in [1.54, 1.807) is 0 Å². The summed E-state index contributed by atoms with van der Waals surface area (Å²) in [4.78, 5) is 16.1. The first-order chi connectivity index (χ1) is 9.20. The molecule has 0 bridgehead atoms. The van der Waals surface area contributed by atoms with Gasteiger partial charge in [0.15, 0.2) is 0 Å². The van der Waals surface area contributed by atoms with Crippen molar-refractivity contribution < 1.29 is 15.0 Å². The fraction of sp³-hybridized carbons (Fsp3) is 0.615. The number of aliphatic hydroxyl groups excluding tert-OH is 1. The lowest BCUT2D eigenvalue weighted by molar-refractivity contribution is 0.0700. The molecule has 0 amide bonds. The Balaban J connectivity index is 1.92. The SMILES string of the molecule is O=C(O)c1sccc1CN1CCCN(CCO)CC1. The van der Waals surface area contributed by atoms with E-state index in [0.717, 1.165) is 44.7 Å².